The highest BCUT2D eigenvalue weighted by molar-refractivity contribution is 6.14. The maximum Gasteiger partial charge on any atom is 0.338 e. The number of aromatic nitrogens is 1. The number of hydrogen-bond donors (Lipinski definition) is 2. The smallest absolute Gasteiger partial charge is 0.338 e. The molecular formula is C19H19NO4. The normalized spacial score (nSPS) is 17.8. The Morgan fingerprint density at radius 3 is 2.79 bits per heavy atom. The van der Waals surface area contributed by atoms with E-state index in [2.05, 4.69) is 4.98 Å². The van der Waals surface area contributed by atoms with Crippen LogP contribution >= 0.6 is 0 Å². The standard InChI is InChI=1S/C19H19NO4/c1-19(2,22)15-9-11-12(18(21)24-15)8-14(23-3)17-16(11)10-6-4-5-7-13(10)20-17/h4-8,15,20,22H,9H2,1-3H3. The van der Waals surface area contributed by atoms with Gasteiger partial charge >= 0.3 is 5.97 Å². The van der Waals surface area contributed by atoms with Gasteiger partial charge in [-0.05, 0) is 31.5 Å². The second-order valence-corrected chi connectivity index (χ2v) is 6.78. The maximum atomic E-state index is 12.5. The largest absolute Gasteiger partial charge is 0.495 e. The van der Waals surface area contributed by atoms with Gasteiger partial charge in [-0.1, -0.05) is 18.2 Å². The number of carbonyl (C=O) groups is 1. The quantitative estimate of drug-likeness (QED) is 0.710. The number of para-hydroxylation sites is 1. The molecule has 0 bridgehead atoms. The van der Waals surface area contributed by atoms with Crippen LogP contribution in [0.4, 0.5) is 0 Å². The lowest BCUT2D eigenvalue weighted by atomic mass is 9.87. The van der Waals surface area contributed by atoms with Gasteiger partial charge < -0.3 is 19.6 Å². The highest BCUT2D eigenvalue weighted by Gasteiger charge is 2.38. The Hall–Kier alpha value is -2.53. The van der Waals surface area contributed by atoms with Gasteiger partial charge in [0.05, 0.1) is 23.8 Å². The molecule has 0 radical (unpaired) electrons. The fourth-order valence-electron chi connectivity index (χ4n) is 3.43. The summed E-state index contributed by atoms with van der Waals surface area (Å²) in [4.78, 5) is 15.9. The number of esters is 1. The van der Waals surface area contributed by atoms with Gasteiger partial charge in [-0.25, -0.2) is 4.79 Å². The fourth-order valence-corrected chi connectivity index (χ4v) is 3.43. The monoisotopic (exact) mass is 325 g/mol. The summed E-state index contributed by atoms with van der Waals surface area (Å²) in [5.41, 5.74) is 2.14. The van der Waals surface area contributed by atoms with E-state index in [9.17, 15) is 9.90 Å². The summed E-state index contributed by atoms with van der Waals surface area (Å²) in [5.74, 6) is 0.187. The summed E-state index contributed by atoms with van der Waals surface area (Å²) in [6, 6.07) is 9.67. The predicted molar refractivity (Wildman–Crippen MR) is 91.6 cm³/mol. The van der Waals surface area contributed by atoms with Crippen molar-refractivity contribution in [1.29, 1.82) is 0 Å². The average Bonchev–Trinajstić information content (AvgIpc) is 2.93. The van der Waals surface area contributed by atoms with Crippen molar-refractivity contribution in [2.75, 3.05) is 7.11 Å². The van der Waals surface area contributed by atoms with Crippen molar-refractivity contribution in [2.45, 2.75) is 32.0 Å². The molecule has 4 rings (SSSR count). The summed E-state index contributed by atoms with van der Waals surface area (Å²) in [6.45, 7) is 3.32. The third kappa shape index (κ3) is 2.08. The molecule has 24 heavy (non-hydrogen) atoms. The Labute approximate surface area is 139 Å². The number of carbonyl (C=O) groups excluding carboxylic acids is 1. The molecule has 2 heterocycles. The van der Waals surface area contributed by atoms with Crippen molar-refractivity contribution in [3.63, 3.8) is 0 Å². The van der Waals surface area contributed by atoms with Gasteiger partial charge in [0.15, 0.2) is 0 Å². The lowest BCUT2D eigenvalue weighted by Gasteiger charge is -2.33. The molecule has 0 fully saturated rings. The number of methoxy groups -OCH3 is 1. The summed E-state index contributed by atoms with van der Waals surface area (Å²) in [6.07, 6.45) is -0.116. The molecule has 0 amide bonds. The van der Waals surface area contributed by atoms with Crippen LogP contribution in [0.25, 0.3) is 21.8 Å². The van der Waals surface area contributed by atoms with Crippen LogP contribution in [-0.4, -0.2) is 34.9 Å². The Kier molecular flexibility index (Phi) is 3.12. The average molecular weight is 325 g/mol. The second-order valence-electron chi connectivity index (χ2n) is 6.78. The minimum atomic E-state index is -1.11. The molecule has 1 atom stereocenters. The molecule has 0 saturated carbocycles. The first-order valence-electron chi connectivity index (χ1n) is 7.94. The third-order valence-corrected chi connectivity index (χ3v) is 4.72. The molecule has 1 aromatic heterocycles. The highest BCUT2D eigenvalue weighted by atomic mass is 16.6. The van der Waals surface area contributed by atoms with Crippen LogP contribution in [0.15, 0.2) is 30.3 Å². The van der Waals surface area contributed by atoms with E-state index in [4.69, 9.17) is 9.47 Å². The maximum absolute atomic E-state index is 12.5. The molecule has 2 N–H and O–H groups in total. The molecule has 2 aromatic carbocycles. The van der Waals surface area contributed by atoms with E-state index < -0.39 is 17.7 Å². The van der Waals surface area contributed by atoms with E-state index in [1.807, 2.05) is 24.3 Å². The Bertz CT molecular complexity index is 965. The number of nitrogens with one attached hydrogen (secondary N) is 1. The number of hydrogen-bond acceptors (Lipinski definition) is 4. The number of ether oxygens (including phenoxy) is 2. The van der Waals surface area contributed by atoms with Gasteiger partial charge in [-0.15, -0.1) is 0 Å². The molecule has 1 aliphatic heterocycles. The number of H-pyrrole nitrogens is 1. The number of cyclic esters (lactones) is 1. The zero-order valence-electron chi connectivity index (χ0n) is 13.8. The van der Waals surface area contributed by atoms with Crippen LogP contribution in [0, 0.1) is 0 Å². The first kappa shape index (κ1) is 15.0. The van der Waals surface area contributed by atoms with Crippen LogP contribution in [0.3, 0.4) is 0 Å². The lowest BCUT2D eigenvalue weighted by molar-refractivity contribution is -0.0673. The van der Waals surface area contributed by atoms with E-state index in [0.717, 1.165) is 27.4 Å². The van der Waals surface area contributed by atoms with Crippen molar-refractivity contribution < 1.29 is 19.4 Å². The Morgan fingerprint density at radius 2 is 2.08 bits per heavy atom. The fraction of sp³-hybridized carbons (Fsp3) is 0.316. The van der Waals surface area contributed by atoms with Crippen molar-refractivity contribution in [3.05, 3.63) is 41.5 Å². The van der Waals surface area contributed by atoms with Crippen LogP contribution in [0.2, 0.25) is 0 Å². The summed E-state index contributed by atoms with van der Waals surface area (Å²) >= 11 is 0. The SMILES string of the molecule is COc1cc2c(c3c1[nH]c1ccccc13)CC(C(C)(C)O)OC2=O. The van der Waals surface area contributed by atoms with Crippen LogP contribution in [0.5, 0.6) is 5.75 Å². The van der Waals surface area contributed by atoms with Crippen LogP contribution in [-0.2, 0) is 11.2 Å². The van der Waals surface area contributed by atoms with Crippen LogP contribution in [0.1, 0.15) is 29.8 Å². The Morgan fingerprint density at radius 1 is 1.33 bits per heavy atom. The third-order valence-electron chi connectivity index (χ3n) is 4.72. The lowest BCUT2D eigenvalue weighted by Crippen LogP contribution is -2.44. The molecule has 1 aliphatic rings. The molecule has 0 saturated heterocycles. The van der Waals surface area contributed by atoms with Gasteiger partial charge in [0.2, 0.25) is 0 Å². The number of fused-ring (bicyclic) bond motifs is 5. The highest BCUT2D eigenvalue weighted by Crippen LogP contribution is 2.40. The first-order chi connectivity index (χ1) is 11.4. The zero-order chi connectivity index (χ0) is 17.1. The predicted octanol–water partition coefficient (Wildman–Crippen LogP) is 3.18. The molecule has 1 unspecified atom stereocenters. The number of aliphatic hydroxyl groups is 1. The van der Waals surface area contributed by atoms with Crippen molar-refractivity contribution in [1.82, 2.24) is 4.98 Å². The van der Waals surface area contributed by atoms with Gasteiger partial charge in [0.1, 0.15) is 11.9 Å². The van der Waals surface area contributed by atoms with Crippen molar-refractivity contribution in [3.8, 4) is 5.75 Å². The number of benzene rings is 2. The molecule has 5 heteroatoms. The van der Waals surface area contributed by atoms with Crippen molar-refractivity contribution in [2.24, 2.45) is 0 Å². The van der Waals surface area contributed by atoms with E-state index in [0.29, 0.717) is 17.7 Å². The van der Waals surface area contributed by atoms with E-state index in [1.165, 1.54) is 0 Å². The molecule has 0 aliphatic carbocycles. The molecule has 3 aromatic rings. The van der Waals surface area contributed by atoms with Crippen LogP contribution < -0.4 is 4.74 Å². The van der Waals surface area contributed by atoms with E-state index in [-0.39, 0.29) is 0 Å². The number of rotatable bonds is 2. The summed E-state index contributed by atoms with van der Waals surface area (Å²) in [5, 5.41) is 12.3. The molecule has 0 spiro atoms. The van der Waals surface area contributed by atoms with Gasteiger partial charge in [-0.3, -0.25) is 0 Å². The minimum Gasteiger partial charge on any atom is -0.495 e. The topological polar surface area (TPSA) is 71.6 Å². The summed E-state index contributed by atoms with van der Waals surface area (Å²) < 4.78 is 10.9. The second kappa shape index (κ2) is 4.98. The summed E-state index contributed by atoms with van der Waals surface area (Å²) in [7, 11) is 1.58. The van der Waals surface area contributed by atoms with E-state index >= 15 is 0 Å². The molecule has 124 valence electrons. The number of aromatic amines is 1. The Balaban J connectivity index is 2.08. The van der Waals surface area contributed by atoms with E-state index in [1.54, 1.807) is 27.0 Å². The molecule has 5 nitrogen and oxygen atoms in total. The minimum absolute atomic E-state index is 0.422. The van der Waals surface area contributed by atoms with Crippen molar-refractivity contribution >= 4 is 27.8 Å². The van der Waals surface area contributed by atoms with Gasteiger partial charge in [-0.2, -0.15) is 0 Å². The van der Waals surface area contributed by atoms with Gasteiger partial charge in [0.25, 0.3) is 0 Å². The molecular weight excluding hydrogens is 306 g/mol. The first-order valence-corrected chi connectivity index (χ1v) is 7.94. The zero-order valence-corrected chi connectivity index (χ0v) is 13.8. The van der Waals surface area contributed by atoms with Gasteiger partial charge in [0, 0.05) is 22.7 Å².